The first kappa shape index (κ1) is 10.4. The van der Waals surface area contributed by atoms with Crippen LogP contribution in [0, 0.1) is 0 Å². The van der Waals surface area contributed by atoms with E-state index in [0.29, 0.717) is 0 Å². The van der Waals surface area contributed by atoms with E-state index in [1.54, 1.807) is 0 Å². The first-order chi connectivity index (χ1) is 6.70. The molecule has 1 heterocycles. The number of imidazole rings is 1. The molecule has 0 saturated heterocycles. The second kappa shape index (κ2) is 4.16. The normalized spacial score (nSPS) is 10.5. The summed E-state index contributed by atoms with van der Waals surface area (Å²) in [4.78, 5) is 4.37. The van der Waals surface area contributed by atoms with Crippen LogP contribution in [0.3, 0.4) is 0 Å². The first-order valence-electron chi connectivity index (χ1n) is 3.85. The summed E-state index contributed by atoms with van der Waals surface area (Å²) in [6.45, 7) is 0. The van der Waals surface area contributed by atoms with Gasteiger partial charge in [-0.25, -0.2) is 4.98 Å². The second-order valence-corrected chi connectivity index (χ2v) is 4.88. The van der Waals surface area contributed by atoms with Gasteiger partial charge in [-0.2, -0.15) is 0 Å². The van der Waals surface area contributed by atoms with Gasteiger partial charge in [-0.15, -0.1) is 0 Å². The van der Waals surface area contributed by atoms with Gasteiger partial charge in [-0.3, -0.25) is 3.59 Å². The van der Waals surface area contributed by atoms with Crippen molar-refractivity contribution in [1.29, 1.82) is 0 Å². The van der Waals surface area contributed by atoms with E-state index < -0.39 is 0 Å². The summed E-state index contributed by atoms with van der Waals surface area (Å²) in [5.74, 6) is 0.865. The molecule has 0 spiro atoms. The monoisotopic (exact) mass is 378 g/mol. The highest BCUT2D eigenvalue weighted by atomic mass is 79.9. The molecule has 14 heavy (non-hydrogen) atoms. The molecule has 0 aliphatic rings. The van der Waals surface area contributed by atoms with Crippen LogP contribution < -0.4 is 0 Å². The Labute approximate surface area is 107 Å². The summed E-state index contributed by atoms with van der Waals surface area (Å²) >= 11 is 10.2. The molecule has 2 nitrogen and oxygen atoms in total. The summed E-state index contributed by atoms with van der Waals surface area (Å²) in [6.07, 6.45) is 0. The Bertz CT molecular complexity index is 451. The van der Waals surface area contributed by atoms with Gasteiger partial charge >= 0.3 is 0 Å². The third-order valence-electron chi connectivity index (χ3n) is 1.76. The third-order valence-corrected chi connectivity index (χ3v) is 4.75. The summed E-state index contributed by atoms with van der Waals surface area (Å²) in [6, 6.07) is 9.98. The molecule has 0 radical (unpaired) electrons. The molecule has 0 saturated carbocycles. The number of benzene rings is 1. The topological polar surface area (TPSA) is 17.8 Å². The molecule has 0 amide bonds. The fourth-order valence-electron chi connectivity index (χ4n) is 1.12. The smallest absolute Gasteiger partial charge is 0.152 e. The molecule has 0 unspecified atom stereocenters. The third kappa shape index (κ3) is 1.81. The number of aromatic nitrogens is 2. The van der Waals surface area contributed by atoms with Crippen molar-refractivity contribution in [3.8, 4) is 11.4 Å². The molecule has 0 aliphatic carbocycles. The number of hydrogen-bond acceptors (Lipinski definition) is 1. The van der Waals surface area contributed by atoms with Crippen molar-refractivity contribution in [3.63, 3.8) is 0 Å². The zero-order valence-corrected chi connectivity index (χ0v) is 11.7. The second-order valence-electron chi connectivity index (χ2n) is 2.66. The van der Waals surface area contributed by atoms with E-state index in [1.165, 1.54) is 0 Å². The SMILES string of the molecule is Brc1nc(-c2ccccc2)n(Br)c1Br. The maximum absolute atomic E-state index is 4.37. The summed E-state index contributed by atoms with van der Waals surface area (Å²) in [5.41, 5.74) is 1.07. The zero-order valence-electron chi connectivity index (χ0n) is 6.92. The molecule has 2 aromatic rings. The van der Waals surface area contributed by atoms with Gasteiger partial charge in [0.2, 0.25) is 0 Å². The van der Waals surface area contributed by atoms with E-state index >= 15 is 0 Å². The highest BCUT2D eigenvalue weighted by Gasteiger charge is 2.12. The van der Waals surface area contributed by atoms with Gasteiger partial charge in [-0.05, 0) is 31.9 Å². The van der Waals surface area contributed by atoms with Crippen molar-refractivity contribution < 1.29 is 0 Å². The van der Waals surface area contributed by atoms with E-state index in [1.807, 2.05) is 33.9 Å². The number of rotatable bonds is 1. The van der Waals surface area contributed by atoms with Crippen molar-refractivity contribution in [3.05, 3.63) is 39.5 Å². The number of hydrogen-bond donors (Lipinski definition) is 0. The fourth-order valence-corrected chi connectivity index (χ4v) is 2.41. The van der Waals surface area contributed by atoms with Crippen LogP contribution in [-0.2, 0) is 0 Å². The first-order valence-corrected chi connectivity index (χ1v) is 6.15. The Balaban J connectivity index is 2.58. The number of halogens is 3. The predicted molar refractivity (Wildman–Crippen MR) is 67.4 cm³/mol. The Hall–Kier alpha value is -0.130. The fraction of sp³-hybridized carbons (Fsp3) is 0. The maximum atomic E-state index is 4.37. The summed E-state index contributed by atoms with van der Waals surface area (Å²) in [7, 11) is 0. The van der Waals surface area contributed by atoms with Crippen molar-refractivity contribution in [2.45, 2.75) is 0 Å². The van der Waals surface area contributed by atoms with Gasteiger partial charge in [0.05, 0.1) is 16.1 Å². The Morgan fingerprint density at radius 1 is 1.07 bits per heavy atom. The number of nitrogens with zero attached hydrogens (tertiary/aromatic N) is 2. The molecular formula is C9H5Br3N2. The maximum Gasteiger partial charge on any atom is 0.152 e. The van der Waals surface area contributed by atoms with Crippen LogP contribution in [0.1, 0.15) is 0 Å². The van der Waals surface area contributed by atoms with Crippen LogP contribution in [0.5, 0.6) is 0 Å². The zero-order chi connectivity index (χ0) is 10.1. The van der Waals surface area contributed by atoms with Gasteiger partial charge < -0.3 is 0 Å². The van der Waals surface area contributed by atoms with Crippen molar-refractivity contribution in [1.82, 2.24) is 8.58 Å². The Morgan fingerprint density at radius 3 is 2.21 bits per heavy atom. The molecule has 0 N–H and O–H groups in total. The summed E-state index contributed by atoms with van der Waals surface area (Å²) in [5, 5.41) is 0. The molecule has 0 bridgehead atoms. The van der Waals surface area contributed by atoms with Crippen LogP contribution >= 0.6 is 48.0 Å². The van der Waals surface area contributed by atoms with E-state index in [0.717, 1.165) is 20.6 Å². The van der Waals surface area contributed by atoms with Crippen LogP contribution in [0.15, 0.2) is 39.5 Å². The molecule has 2 rings (SSSR count). The molecule has 1 aromatic carbocycles. The largest absolute Gasteiger partial charge is 0.250 e. The molecule has 0 fully saturated rings. The van der Waals surface area contributed by atoms with E-state index in [9.17, 15) is 0 Å². The van der Waals surface area contributed by atoms with Gasteiger partial charge in [0.15, 0.2) is 5.82 Å². The molecule has 1 aromatic heterocycles. The van der Waals surface area contributed by atoms with Crippen molar-refractivity contribution >= 4 is 48.0 Å². The molecule has 5 heteroatoms. The predicted octanol–water partition coefficient (Wildman–Crippen LogP) is 4.23. The van der Waals surface area contributed by atoms with Gasteiger partial charge in [-0.1, -0.05) is 30.3 Å². The van der Waals surface area contributed by atoms with Crippen LogP contribution in [0.25, 0.3) is 11.4 Å². The van der Waals surface area contributed by atoms with Crippen molar-refractivity contribution in [2.24, 2.45) is 0 Å². The van der Waals surface area contributed by atoms with Crippen molar-refractivity contribution in [2.75, 3.05) is 0 Å². The van der Waals surface area contributed by atoms with Crippen LogP contribution in [0.2, 0.25) is 0 Å². The lowest BCUT2D eigenvalue weighted by Crippen LogP contribution is -1.85. The lowest BCUT2D eigenvalue weighted by atomic mass is 10.2. The molecule has 72 valence electrons. The minimum absolute atomic E-state index is 0.785. The van der Waals surface area contributed by atoms with Gasteiger partial charge in [0.25, 0.3) is 0 Å². The van der Waals surface area contributed by atoms with E-state index in [2.05, 4.69) is 53.0 Å². The van der Waals surface area contributed by atoms with Gasteiger partial charge in [0, 0.05) is 5.56 Å². The highest BCUT2D eigenvalue weighted by molar-refractivity contribution is 9.13. The lowest BCUT2D eigenvalue weighted by molar-refractivity contribution is 1.24. The molecular weight excluding hydrogens is 376 g/mol. The average molecular weight is 381 g/mol. The quantitative estimate of drug-likeness (QED) is 0.723. The average Bonchev–Trinajstić information content (AvgIpc) is 2.47. The van der Waals surface area contributed by atoms with E-state index in [4.69, 9.17) is 0 Å². The minimum atomic E-state index is 0.785. The standard InChI is InChI=1S/C9H5Br3N2/c10-7-8(11)14(12)9(13-7)6-4-2-1-3-5-6/h1-5H. The lowest BCUT2D eigenvalue weighted by Gasteiger charge is -1.98. The van der Waals surface area contributed by atoms with Crippen LogP contribution in [0.4, 0.5) is 0 Å². The van der Waals surface area contributed by atoms with Gasteiger partial charge in [0.1, 0.15) is 9.21 Å². The van der Waals surface area contributed by atoms with Crippen LogP contribution in [-0.4, -0.2) is 8.58 Å². The molecule has 0 atom stereocenters. The Kier molecular flexibility index (Phi) is 3.09. The summed E-state index contributed by atoms with van der Waals surface area (Å²) < 4.78 is 3.47. The van der Waals surface area contributed by atoms with E-state index in [-0.39, 0.29) is 0 Å². The molecule has 0 aliphatic heterocycles. The Morgan fingerprint density at radius 2 is 1.71 bits per heavy atom. The minimum Gasteiger partial charge on any atom is -0.250 e. The highest BCUT2D eigenvalue weighted by Crippen LogP contribution is 2.31.